The molecule has 24 heavy (non-hydrogen) atoms. The molecule has 2 aromatic rings. The van der Waals surface area contributed by atoms with Crippen molar-refractivity contribution in [2.45, 2.75) is 0 Å². The molecule has 0 aliphatic heterocycles. The predicted octanol–water partition coefficient (Wildman–Crippen LogP) is 4.74. The van der Waals surface area contributed by atoms with E-state index in [1.165, 1.54) is 25.1 Å². The van der Waals surface area contributed by atoms with Gasteiger partial charge in [0.05, 0.1) is 15.7 Å². The predicted molar refractivity (Wildman–Crippen MR) is 93.8 cm³/mol. The summed E-state index contributed by atoms with van der Waals surface area (Å²) >= 11 is 11.8. The molecular weight excluding hydrogens is 355 g/mol. The first-order valence-corrected chi connectivity index (χ1v) is 7.52. The highest BCUT2D eigenvalue weighted by atomic mass is 35.5. The second-order valence-corrected chi connectivity index (χ2v) is 5.68. The summed E-state index contributed by atoms with van der Waals surface area (Å²) in [6.45, 7) is 0. The van der Waals surface area contributed by atoms with Crippen LogP contribution in [0.4, 0.5) is 21.0 Å². The largest absolute Gasteiger partial charge is 0.465 e. The summed E-state index contributed by atoms with van der Waals surface area (Å²) in [4.78, 5) is 25.5. The molecule has 0 bridgehead atoms. The van der Waals surface area contributed by atoms with E-state index in [1.807, 2.05) is 0 Å². The number of carbonyl (C=O) groups excluding carboxylic acids is 1. The lowest BCUT2D eigenvalue weighted by atomic mass is 10.3. The fourth-order valence-corrected chi connectivity index (χ4v) is 2.13. The van der Waals surface area contributed by atoms with E-state index >= 15 is 0 Å². The van der Waals surface area contributed by atoms with Gasteiger partial charge in [0.2, 0.25) is 0 Å². The van der Waals surface area contributed by atoms with Crippen molar-refractivity contribution in [2.24, 2.45) is 0 Å². The van der Waals surface area contributed by atoms with Crippen LogP contribution < -0.4 is 14.5 Å². The van der Waals surface area contributed by atoms with Gasteiger partial charge in [-0.15, -0.1) is 0 Å². The van der Waals surface area contributed by atoms with Gasteiger partial charge in [0, 0.05) is 25.8 Å². The van der Waals surface area contributed by atoms with Crippen molar-refractivity contribution in [3.8, 4) is 5.75 Å². The van der Waals surface area contributed by atoms with Crippen LogP contribution in [-0.4, -0.2) is 31.4 Å². The van der Waals surface area contributed by atoms with Gasteiger partial charge in [-0.05, 0) is 30.3 Å². The topological polar surface area (TPSA) is 70.1 Å². The first-order valence-electron chi connectivity index (χ1n) is 6.77. The van der Waals surface area contributed by atoms with Gasteiger partial charge >= 0.3 is 12.2 Å². The lowest BCUT2D eigenvalue weighted by molar-refractivity contribution is 0.203. The Kier molecular flexibility index (Phi) is 5.54. The van der Waals surface area contributed by atoms with Crippen molar-refractivity contribution in [3.05, 3.63) is 52.5 Å². The SMILES string of the molecule is CN(C(=O)O)c1cccc(OC(=O)N(C)c2ccc(Cl)c(Cl)c2)c1. The quantitative estimate of drug-likeness (QED) is 0.848. The molecule has 0 aliphatic carbocycles. The van der Waals surface area contributed by atoms with Gasteiger partial charge in [-0.3, -0.25) is 9.80 Å². The number of hydrogen-bond donors (Lipinski definition) is 1. The summed E-state index contributed by atoms with van der Waals surface area (Å²) in [5.74, 6) is 0.220. The summed E-state index contributed by atoms with van der Waals surface area (Å²) in [5.41, 5.74) is 0.887. The van der Waals surface area contributed by atoms with E-state index in [-0.39, 0.29) is 5.75 Å². The van der Waals surface area contributed by atoms with Crippen molar-refractivity contribution in [1.29, 1.82) is 0 Å². The van der Waals surface area contributed by atoms with Crippen LogP contribution in [-0.2, 0) is 0 Å². The molecule has 0 heterocycles. The van der Waals surface area contributed by atoms with E-state index in [0.29, 0.717) is 21.4 Å². The van der Waals surface area contributed by atoms with Crippen LogP contribution in [0.15, 0.2) is 42.5 Å². The molecule has 0 radical (unpaired) electrons. The van der Waals surface area contributed by atoms with E-state index in [9.17, 15) is 9.59 Å². The maximum atomic E-state index is 12.2. The molecule has 0 saturated carbocycles. The molecule has 2 aromatic carbocycles. The Morgan fingerprint density at radius 3 is 2.25 bits per heavy atom. The third-order valence-electron chi connectivity index (χ3n) is 3.26. The Balaban J connectivity index is 2.15. The molecule has 6 nitrogen and oxygen atoms in total. The van der Waals surface area contributed by atoms with Crippen LogP contribution in [0.1, 0.15) is 0 Å². The highest BCUT2D eigenvalue weighted by molar-refractivity contribution is 6.42. The summed E-state index contributed by atoms with van der Waals surface area (Å²) in [6, 6.07) is 10.9. The molecule has 0 fully saturated rings. The molecule has 0 aliphatic rings. The number of carboxylic acid groups (broad SMARTS) is 1. The third-order valence-corrected chi connectivity index (χ3v) is 4.00. The summed E-state index contributed by atoms with van der Waals surface area (Å²) in [5, 5.41) is 9.68. The monoisotopic (exact) mass is 368 g/mol. The van der Waals surface area contributed by atoms with Crippen LogP contribution in [0.2, 0.25) is 10.0 Å². The number of nitrogens with zero attached hydrogens (tertiary/aromatic N) is 2. The molecular formula is C16H14Cl2N2O4. The Morgan fingerprint density at radius 2 is 1.62 bits per heavy atom. The van der Waals surface area contributed by atoms with Gasteiger partial charge in [-0.2, -0.15) is 0 Å². The minimum atomic E-state index is -1.12. The fraction of sp³-hybridized carbons (Fsp3) is 0.125. The lowest BCUT2D eigenvalue weighted by Crippen LogP contribution is -2.29. The molecule has 0 saturated heterocycles. The van der Waals surface area contributed by atoms with Gasteiger partial charge in [0.25, 0.3) is 0 Å². The first kappa shape index (κ1) is 17.9. The van der Waals surface area contributed by atoms with Crippen LogP contribution in [0.25, 0.3) is 0 Å². The van der Waals surface area contributed by atoms with E-state index in [2.05, 4.69) is 0 Å². The number of ether oxygens (including phenoxy) is 1. The van der Waals surface area contributed by atoms with E-state index in [1.54, 1.807) is 36.4 Å². The molecule has 2 rings (SSSR count). The summed E-state index contributed by atoms with van der Waals surface area (Å²) < 4.78 is 5.26. The second kappa shape index (κ2) is 7.42. The number of benzene rings is 2. The summed E-state index contributed by atoms with van der Waals surface area (Å²) in [6.07, 6.45) is -1.77. The van der Waals surface area contributed by atoms with Crippen LogP contribution in [0.5, 0.6) is 5.75 Å². The molecule has 0 unspecified atom stereocenters. The molecule has 126 valence electrons. The Morgan fingerprint density at radius 1 is 0.958 bits per heavy atom. The zero-order valence-electron chi connectivity index (χ0n) is 12.9. The van der Waals surface area contributed by atoms with Crippen molar-refractivity contribution in [1.82, 2.24) is 0 Å². The minimum absolute atomic E-state index is 0.220. The molecule has 0 aromatic heterocycles. The Bertz CT molecular complexity index is 782. The molecule has 0 spiro atoms. The van der Waals surface area contributed by atoms with Crippen molar-refractivity contribution in [3.63, 3.8) is 0 Å². The standard InChI is InChI=1S/C16H14Cl2N2O4/c1-19(15(21)22)10-4-3-5-12(8-10)24-16(23)20(2)11-6-7-13(17)14(18)9-11/h3-9H,1-2H3,(H,21,22). The van der Waals surface area contributed by atoms with E-state index in [0.717, 1.165) is 4.90 Å². The van der Waals surface area contributed by atoms with Crippen LogP contribution in [0.3, 0.4) is 0 Å². The molecule has 1 N–H and O–H groups in total. The molecule has 8 heteroatoms. The minimum Gasteiger partial charge on any atom is -0.465 e. The van der Waals surface area contributed by atoms with Gasteiger partial charge in [0.1, 0.15) is 5.75 Å². The average molecular weight is 369 g/mol. The number of anilines is 2. The van der Waals surface area contributed by atoms with Crippen molar-refractivity contribution in [2.75, 3.05) is 23.9 Å². The third kappa shape index (κ3) is 4.10. The van der Waals surface area contributed by atoms with Gasteiger partial charge in [0.15, 0.2) is 0 Å². The second-order valence-electron chi connectivity index (χ2n) is 4.86. The molecule has 0 atom stereocenters. The number of rotatable bonds is 3. The Labute approximate surface area is 148 Å². The summed E-state index contributed by atoms with van der Waals surface area (Å²) in [7, 11) is 2.92. The maximum absolute atomic E-state index is 12.2. The van der Waals surface area contributed by atoms with Gasteiger partial charge < -0.3 is 9.84 Å². The fourth-order valence-electron chi connectivity index (χ4n) is 1.83. The normalized spacial score (nSPS) is 10.2. The highest BCUT2D eigenvalue weighted by Crippen LogP contribution is 2.27. The number of halogens is 2. The van der Waals surface area contributed by atoms with Gasteiger partial charge in [-0.25, -0.2) is 9.59 Å². The smallest absolute Gasteiger partial charge is 0.419 e. The number of amides is 2. The van der Waals surface area contributed by atoms with Crippen LogP contribution >= 0.6 is 23.2 Å². The zero-order chi connectivity index (χ0) is 17.9. The Hall–Kier alpha value is -2.44. The van der Waals surface area contributed by atoms with Crippen molar-refractivity contribution < 1.29 is 19.4 Å². The first-order chi connectivity index (χ1) is 11.3. The number of hydrogen-bond acceptors (Lipinski definition) is 3. The van der Waals surface area contributed by atoms with E-state index in [4.69, 9.17) is 33.0 Å². The van der Waals surface area contributed by atoms with E-state index < -0.39 is 12.2 Å². The van der Waals surface area contributed by atoms with Crippen molar-refractivity contribution >= 4 is 46.8 Å². The molecule has 2 amide bonds. The lowest BCUT2D eigenvalue weighted by Gasteiger charge is -2.18. The van der Waals surface area contributed by atoms with Gasteiger partial charge in [-0.1, -0.05) is 29.3 Å². The van der Waals surface area contributed by atoms with Crippen LogP contribution in [0, 0.1) is 0 Å². The average Bonchev–Trinajstić information content (AvgIpc) is 2.56. The number of carbonyl (C=O) groups is 2. The maximum Gasteiger partial charge on any atom is 0.419 e. The zero-order valence-corrected chi connectivity index (χ0v) is 14.4. The highest BCUT2D eigenvalue weighted by Gasteiger charge is 2.16.